The van der Waals surface area contributed by atoms with E-state index in [9.17, 15) is 9.59 Å². The van der Waals surface area contributed by atoms with Crippen molar-refractivity contribution >= 4 is 43.8 Å². The lowest BCUT2D eigenvalue weighted by molar-refractivity contribution is -0.205. The van der Waals surface area contributed by atoms with Gasteiger partial charge in [0.1, 0.15) is 0 Å². The summed E-state index contributed by atoms with van der Waals surface area (Å²) in [6.07, 6.45) is 3.03. The van der Waals surface area contributed by atoms with Crippen molar-refractivity contribution in [2.24, 2.45) is 0 Å². The summed E-state index contributed by atoms with van der Waals surface area (Å²) < 4.78 is 34.2. The van der Waals surface area contributed by atoms with Gasteiger partial charge in [-0.3, -0.25) is 9.59 Å². The molecule has 1 aromatic rings. The van der Waals surface area contributed by atoms with Crippen LogP contribution in [-0.4, -0.2) is 60.6 Å². The molecule has 3 rings (SSSR count). The topological polar surface area (TPSA) is 89.5 Å². The van der Waals surface area contributed by atoms with Gasteiger partial charge in [0.15, 0.2) is 12.6 Å². The SMILES string of the molecule is O=C(CC(CBr)OC1CCCCO1)OC(OC(=O)CC(CBr)OC1CCCCO1)c1ccccc1. The summed E-state index contributed by atoms with van der Waals surface area (Å²) in [6, 6.07) is 8.91. The van der Waals surface area contributed by atoms with Gasteiger partial charge >= 0.3 is 11.9 Å². The average molecular weight is 622 g/mol. The fourth-order valence-electron chi connectivity index (χ4n) is 3.82. The molecule has 0 saturated carbocycles. The van der Waals surface area contributed by atoms with E-state index in [4.69, 9.17) is 28.4 Å². The molecule has 0 bridgehead atoms. The minimum absolute atomic E-state index is 0.00184. The quantitative estimate of drug-likeness (QED) is 0.169. The second-order valence-corrected chi connectivity index (χ2v) is 9.84. The normalized spacial score (nSPS) is 23.1. The Morgan fingerprint density at radius 3 is 1.69 bits per heavy atom. The van der Waals surface area contributed by atoms with Crippen LogP contribution in [0.5, 0.6) is 0 Å². The van der Waals surface area contributed by atoms with Gasteiger partial charge in [0.05, 0.1) is 25.0 Å². The maximum atomic E-state index is 12.8. The Balaban J connectivity index is 1.55. The number of ether oxygens (including phenoxy) is 6. The van der Waals surface area contributed by atoms with Crippen LogP contribution in [0.15, 0.2) is 30.3 Å². The van der Waals surface area contributed by atoms with E-state index in [0.717, 1.165) is 38.5 Å². The van der Waals surface area contributed by atoms with Crippen LogP contribution in [0.2, 0.25) is 0 Å². The molecular weight excluding hydrogens is 588 g/mol. The largest absolute Gasteiger partial charge is 0.420 e. The molecular formula is C25H34Br2O8. The number of benzene rings is 1. The molecule has 2 aliphatic heterocycles. The van der Waals surface area contributed by atoms with E-state index in [-0.39, 0.29) is 25.4 Å². The number of carbonyl (C=O) groups is 2. The molecule has 2 aliphatic rings. The smallest absolute Gasteiger partial charge is 0.311 e. The molecule has 8 nitrogen and oxygen atoms in total. The van der Waals surface area contributed by atoms with Crippen LogP contribution in [0.25, 0.3) is 0 Å². The second kappa shape index (κ2) is 15.9. The third kappa shape index (κ3) is 10.5. The third-order valence-corrected chi connectivity index (χ3v) is 7.09. The predicted molar refractivity (Wildman–Crippen MR) is 135 cm³/mol. The van der Waals surface area contributed by atoms with E-state index in [1.807, 2.05) is 6.07 Å². The standard InChI is InChI=1S/C25H34Br2O8/c26-16-19(32-23-10-4-6-12-30-23)14-21(28)34-25(18-8-2-1-3-9-18)35-22(29)15-20(17-27)33-24-11-5-7-13-31-24/h1-3,8-9,19-20,23-25H,4-7,10-17H2. The van der Waals surface area contributed by atoms with Gasteiger partial charge in [0.2, 0.25) is 0 Å². The second-order valence-electron chi connectivity index (χ2n) is 8.55. The molecule has 2 fully saturated rings. The van der Waals surface area contributed by atoms with Crippen molar-refractivity contribution in [3.63, 3.8) is 0 Å². The number of halogens is 2. The Kier molecular flexibility index (Phi) is 13.0. The summed E-state index contributed by atoms with van der Waals surface area (Å²) >= 11 is 6.79. The highest BCUT2D eigenvalue weighted by molar-refractivity contribution is 9.09. The molecule has 0 radical (unpaired) electrons. The van der Waals surface area contributed by atoms with Crippen molar-refractivity contribution in [1.29, 1.82) is 0 Å². The molecule has 10 heteroatoms. The lowest BCUT2D eigenvalue weighted by atomic mass is 10.2. The van der Waals surface area contributed by atoms with Crippen LogP contribution in [-0.2, 0) is 38.0 Å². The van der Waals surface area contributed by atoms with Crippen LogP contribution in [0.1, 0.15) is 63.2 Å². The first-order chi connectivity index (χ1) is 17.1. The van der Waals surface area contributed by atoms with E-state index < -0.39 is 30.4 Å². The van der Waals surface area contributed by atoms with Gasteiger partial charge in [-0.15, -0.1) is 0 Å². The summed E-state index contributed by atoms with van der Waals surface area (Å²) in [4.78, 5) is 25.5. The highest BCUT2D eigenvalue weighted by Crippen LogP contribution is 2.24. The summed E-state index contributed by atoms with van der Waals surface area (Å²) in [5, 5.41) is 0.899. The number of hydrogen-bond acceptors (Lipinski definition) is 8. The van der Waals surface area contributed by atoms with Crippen molar-refractivity contribution < 1.29 is 38.0 Å². The molecule has 0 amide bonds. The molecule has 0 aliphatic carbocycles. The maximum Gasteiger partial charge on any atom is 0.311 e. The van der Waals surface area contributed by atoms with E-state index in [1.54, 1.807) is 24.3 Å². The van der Waals surface area contributed by atoms with Crippen LogP contribution in [0, 0.1) is 0 Å². The van der Waals surface area contributed by atoms with Gasteiger partial charge in [-0.1, -0.05) is 62.2 Å². The fourth-order valence-corrected chi connectivity index (χ4v) is 4.58. The van der Waals surface area contributed by atoms with Crippen molar-refractivity contribution in [3.05, 3.63) is 35.9 Å². The van der Waals surface area contributed by atoms with Gasteiger partial charge in [0.25, 0.3) is 6.29 Å². The van der Waals surface area contributed by atoms with Crippen LogP contribution in [0.4, 0.5) is 0 Å². The molecule has 2 saturated heterocycles. The van der Waals surface area contributed by atoms with Gasteiger partial charge in [-0.25, -0.2) is 0 Å². The minimum Gasteiger partial charge on any atom is -0.420 e. The minimum atomic E-state index is -1.17. The van der Waals surface area contributed by atoms with E-state index in [2.05, 4.69) is 31.9 Å². The zero-order valence-electron chi connectivity index (χ0n) is 19.8. The maximum absolute atomic E-state index is 12.8. The lowest BCUT2D eigenvalue weighted by Gasteiger charge is -2.27. The Morgan fingerprint density at radius 1 is 0.800 bits per heavy atom. The van der Waals surface area contributed by atoms with Crippen molar-refractivity contribution in [2.45, 2.75) is 82.4 Å². The number of alkyl halides is 2. The van der Waals surface area contributed by atoms with Crippen molar-refractivity contribution in [1.82, 2.24) is 0 Å². The van der Waals surface area contributed by atoms with Crippen LogP contribution >= 0.6 is 31.9 Å². The zero-order chi connectivity index (χ0) is 24.9. The first kappa shape index (κ1) is 28.5. The first-order valence-electron chi connectivity index (χ1n) is 12.2. The Labute approximate surface area is 223 Å². The Bertz CT molecular complexity index is 709. The van der Waals surface area contributed by atoms with Gasteiger partial charge in [-0.05, 0) is 38.5 Å². The molecule has 0 aromatic heterocycles. The highest BCUT2D eigenvalue weighted by atomic mass is 79.9. The number of rotatable bonds is 13. The lowest BCUT2D eigenvalue weighted by Crippen LogP contribution is -2.32. The molecule has 0 spiro atoms. The molecule has 4 unspecified atom stereocenters. The summed E-state index contributed by atoms with van der Waals surface area (Å²) in [5.41, 5.74) is 0.563. The molecule has 4 atom stereocenters. The van der Waals surface area contributed by atoms with Gasteiger partial charge < -0.3 is 28.4 Å². The van der Waals surface area contributed by atoms with E-state index in [1.165, 1.54) is 0 Å². The van der Waals surface area contributed by atoms with E-state index in [0.29, 0.717) is 29.4 Å². The first-order valence-corrected chi connectivity index (χ1v) is 14.4. The number of esters is 2. The monoisotopic (exact) mass is 620 g/mol. The number of hydrogen-bond donors (Lipinski definition) is 0. The molecule has 35 heavy (non-hydrogen) atoms. The molecule has 1 aromatic carbocycles. The summed E-state index contributed by atoms with van der Waals surface area (Å²) in [7, 11) is 0. The fraction of sp³-hybridized carbons (Fsp3) is 0.680. The van der Waals surface area contributed by atoms with Crippen molar-refractivity contribution in [2.75, 3.05) is 23.9 Å². The molecule has 196 valence electrons. The van der Waals surface area contributed by atoms with Gasteiger partial charge in [-0.2, -0.15) is 0 Å². The summed E-state index contributed by atoms with van der Waals surface area (Å²) in [6.45, 7) is 1.31. The highest BCUT2D eigenvalue weighted by Gasteiger charge is 2.28. The Morgan fingerprint density at radius 2 is 1.29 bits per heavy atom. The predicted octanol–water partition coefficient (Wildman–Crippen LogP) is 5.17. The summed E-state index contributed by atoms with van der Waals surface area (Å²) in [5.74, 6) is -1.06. The Hall–Kier alpha value is -1.04. The van der Waals surface area contributed by atoms with Crippen molar-refractivity contribution in [3.8, 4) is 0 Å². The van der Waals surface area contributed by atoms with Gasteiger partial charge in [0, 0.05) is 29.4 Å². The van der Waals surface area contributed by atoms with Crippen LogP contribution in [0.3, 0.4) is 0 Å². The molecule has 2 heterocycles. The van der Waals surface area contributed by atoms with Crippen LogP contribution < -0.4 is 0 Å². The third-order valence-electron chi connectivity index (χ3n) is 5.65. The zero-order valence-corrected chi connectivity index (χ0v) is 23.0. The number of carbonyl (C=O) groups excluding carboxylic acids is 2. The molecule has 0 N–H and O–H groups in total. The van der Waals surface area contributed by atoms with E-state index >= 15 is 0 Å². The average Bonchev–Trinajstić information content (AvgIpc) is 2.89.